The van der Waals surface area contributed by atoms with Crippen LogP contribution in [0.25, 0.3) is 0 Å². The van der Waals surface area contributed by atoms with Gasteiger partial charge >= 0.3 is 0 Å². The molecule has 0 bridgehead atoms. The van der Waals surface area contributed by atoms with Crippen molar-refractivity contribution in [3.8, 4) is 6.07 Å². The quantitative estimate of drug-likeness (QED) is 0.459. The molecule has 2 nitrogen and oxygen atoms in total. The van der Waals surface area contributed by atoms with Crippen molar-refractivity contribution in [2.24, 2.45) is 5.73 Å². The molecule has 2 heteroatoms. The molecule has 0 saturated heterocycles. The van der Waals surface area contributed by atoms with Crippen LogP contribution in [0.5, 0.6) is 0 Å². The molecule has 2 N–H and O–H groups in total. The van der Waals surface area contributed by atoms with Gasteiger partial charge in [-0.1, -0.05) is 12.7 Å². The lowest BCUT2D eigenvalue weighted by atomic mass is 10.2. The van der Waals surface area contributed by atoms with E-state index in [1.807, 2.05) is 13.0 Å². The molecule has 0 radical (unpaired) electrons. The fraction of sp³-hybridized carbons (Fsp3) is 0.125. The molecule has 0 aromatic carbocycles. The van der Waals surface area contributed by atoms with Gasteiger partial charge in [-0.2, -0.15) is 5.26 Å². The van der Waals surface area contributed by atoms with Crippen LogP contribution in [0.15, 0.2) is 36.1 Å². The second-order valence-corrected chi connectivity index (χ2v) is 1.68. The normalized spacial score (nSPS) is 12.4. The molecule has 0 atom stereocenters. The van der Waals surface area contributed by atoms with E-state index in [1.54, 1.807) is 12.2 Å². The molecule has 0 fully saturated rings. The van der Waals surface area contributed by atoms with E-state index in [0.717, 1.165) is 0 Å². The van der Waals surface area contributed by atoms with Gasteiger partial charge in [0, 0.05) is 5.70 Å². The Morgan fingerprint density at radius 3 is 2.60 bits per heavy atom. The molecule has 0 aromatic rings. The third-order valence-electron chi connectivity index (χ3n) is 0.985. The lowest BCUT2D eigenvalue weighted by Crippen LogP contribution is -1.95. The summed E-state index contributed by atoms with van der Waals surface area (Å²) in [6, 6.07) is 1.95. The van der Waals surface area contributed by atoms with Crippen molar-refractivity contribution >= 4 is 0 Å². The molecule has 0 unspecified atom stereocenters. The molecule has 0 aliphatic rings. The second kappa shape index (κ2) is 4.39. The largest absolute Gasteiger partial charge is 0.398 e. The third kappa shape index (κ3) is 2.19. The Hall–Kier alpha value is -1.49. The summed E-state index contributed by atoms with van der Waals surface area (Å²) in [6.45, 7) is 5.27. The maximum Gasteiger partial charge on any atom is 0.101 e. The molecule has 0 rings (SSSR count). The van der Waals surface area contributed by atoms with E-state index in [0.29, 0.717) is 11.3 Å². The van der Waals surface area contributed by atoms with Gasteiger partial charge in [0.1, 0.15) is 6.07 Å². The Labute approximate surface area is 61.0 Å². The van der Waals surface area contributed by atoms with Crippen molar-refractivity contribution in [3.63, 3.8) is 0 Å². The summed E-state index contributed by atoms with van der Waals surface area (Å²) in [4.78, 5) is 0. The summed E-state index contributed by atoms with van der Waals surface area (Å²) in [5, 5.41) is 8.47. The molecular formula is C8H10N2. The summed E-state index contributed by atoms with van der Waals surface area (Å²) < 4.78 is 0. The van der Waals surface area contributed by atoms with Crippen molar-refractivity contribution < 1.29 is 0 Å². The minimum atomic E-state index is 0.417. The molecule has 0 aliphatic heterocycles. The van der Waals surface area contributed by atoms with Gasteiger partial charge in [0.2, 0.25) is 0 Å². The first-order chi connectivity index (χ1) is 4.76. The molecule has 0 amide bonds. The standard InChI is InChI=1S/C8H10N2/c1-3-5-7(6-9)8(10)4-2/h3-5H,2,10H2,1H3/b5-3-,8-7-. The number of nitrogens with two attached hydrogens (primary N) is 1. The zero-order valence-corrected chi connectivity index (χ0v) is 5.96. The monoisotopic (exact) mass is 134 g/mol. The number of hydrogen-bond acceptors (Lipinski definition) is 2. The van der Waals surface area contributed by atoms with E-state index >= 15 is 0 Å². The van der Waals surface area contributed by atoms with Crippen LogP contribution in [0.4, 0.5) is 0 Å². The van der Waals surface area contributed by atoms with Crippen LogP contribution in [0.3, 0.4) is 0 Å². The van der Waals surface area contributed by atoms with Crippen LogP contribution in [0.2, 0.25) is 0 Å². The average molecular weight is 134 g/mol. The van der Waals surface area contributed by atoms with Gasteiger partial charge in [-0.05, 0) is 19.1 Å². The highest BCUT2D eigenvalue weighted by Crippen LogP contribution is 1.99. The molecular weight excluding hydrogens is 124 g/mol. The zero-order valence-electron chi connectivity index (χ0n) is 5.96. The molecule has 0 aliphatic carbocycles. The predicted octanol–water partition coefficient (Wildman–Crippen LogP) is 1.48. The van der Waals surface area contributed by atoms with Crippen molar-refractivity contribution in [2.75, 3.05) is 0 Å². The molecule has 0 heterocycles. The van der Waals surface area contributed by atoms with Gasteiger partial charge < -0.3 is 5.73 Å². The van der Waals surface area contributed by atoms with Gasteiger partial charge in [0.15, 0.2) is 0 Å². The number of hydrogen-bond donors (Lipinski definition) is 1. The smallest absolute Gasteiger partial charge is 0.101 e. The summed E-state index contributed by atoms with van der Waals surface area (Å²) in [5.74, 6) is 0. The van der Waals surface area contributed by atoms with Crippen LogP contribution in [0.1, 0.15) is 6.92 Å². The summed E-state index contributed by atoms with van der Waals surface area (Å²) >= 11 is 0. The first kappa shape index (κ1) is 8.51. The Kier molecular flexibility index (Phi) is 3.74. The van der Waals surface area contributed by atoms with Crippen LogP contribution in [-0.2, 0) is 0 Å². The fourth-order valence-corrected chi connectivity index (χ4v) is 0.475. The lowest BCUT2D eigenvalue weighted by Gasteiger charge is -1.91. The maximum absolute atomic E-state index is 8.47. The SMILES string of the molecule is C=C/C(N)=C(C#N)\C=C/C. The van der Waals surface area contributed by atoms with E-state index in [4.69, 9.17) is 11.0 Å². The number of nitriles is 1. The van der Waals surface area contributed by atoms with Crippen molar-refractivity contribution in [2.45, 2.75) is 6.92 Å². The average Bonchev–Trinajstić information content (AvgIpc) is 1.99. The topological polar surface area (TPSA) is 49.8 Å². The van der Waals surface area contributed by atoms with Crippen LogP contribution >= 0.6 is 0 Å². The second-order valence-electron chi connectivity index (χ2n) is 1.68. The van der Waals surface area contributed by atoms with Gasteiger partial charge in [-0.15, -0.1) is 0 Å². The molecule has 0 aromatic heterocycles. The van der Waals surface area contributed by atoms with E-state index < -0.39 is 0 Å². The van der Waals surface area contributed by atoms with Crippen molar-refractivity contribution in [3.05, 3.63) is 36.1 Å². The Bertz CT molecular complexity index is 216. The first-order valence-electron chi connectivity index (χ1n) is 2.91. The van der Waals surface area contributed by atoms with Crippen molar-refractivity contribution in [1.29, 1.82) is 5.26 Å². The minimum Gasteiger partial charge on any atom is -0.398 e. The summed E-state index contributed by atoms with van der Waals surface area (Å²) in [7, 11) is 0. The number of nitrogens with zero attached hydrogens (tertiary/aromatic N) is 1. The highest BCUT2D eigenvalue weighted by molar-refractivity contribution is 5.40. The Morgan fingerprint density at radius 1 is 1.70 bits per heavy atom. The fourth-order valence-electron chi connectivity index (χ4n) is 0.475. The van der Waals surface area contributed by atoms with E-state index in [1.165, 1.54) is 6.08 Å². The van der Waals surface area contributed by atoms with Gasteiger partial charge in [0.25, 0.3) is 0 Å². The first-order valence-corrected chi connectivity index (χ1v) is 2.91. The van der Waals surface area contributed by atoms with E-state index in [-0.39, 0.29) is 0 Å². The van der Waals surface area contributed by atoms with Crippen LogP contribution < -0.4 is 5.73 Å². The highest BCUT2D eigenvalue weighted by atomic mass is 14.6. The third-order valence-corrected chi connectivity index (χ3v) is 0.985. The highest BCUT2D eigenvalue weighted by Gasteiger charge is 1.91. The maximum atomic E-state index is 8.47. The van der Waals surface area contributed by atoms with Gasteiger partial charge in [-0.25, -0.2) is 0 Å². The molecule has 10 heavy (non-hydrogen) atoms. The minimum absolute atomic E-state index is 0.417. The zero-order chi connectivity index (χ0) is 7.98. The number of allylic oxidation sites excluding steroid dienone is 4. The molecule has 0 saturated carbocycles. The van der Waals surface area contributed by atoms with E-state index in [2.05, 4.69) is 6.58 Å². The van der Waals surface area contributed by atoms with Gasteiger partial charge in [-0.3, -0.25) is 0 Å². The molecule has 52 valence electrons. The lowest BCUT2D eigenvalue weighted by molar-refractivity contribution is 1.36. The van der Waals surface area contributed by atoms with Crippen LogP contribution in [0, 0.1) is 11.3 Å². The summed E-state index contributed by atoms with van der Waals surface area (Å²) in [6.07, 6.45) is 4.87. The van der Waals surface area contributed by atoms with E-state index in [9.17, 15) is 0 Å². The van der Waals surface area contributed by atoms with Crippen molar-refractivity contribution in [1.82, 2.24) is 0 Å². The molecule has 0 spiro atoms. The predicted molar refractivity (Wildman–Crippen MR) is 41.8 cm³/mol. The Morgan fingerprint density at radius 2 is 2.30 bits per heavy atom. The Balaban J connectivity index is 4.66. The van der Waals surface area contributed by atoms with Crippen LogP contribution in [-0.4, -0.2) is 0 Å². The number of rotatable bonds is 2. The summed E-state index contributed by atoms with van der Waals surface area (Å²) in [5.41, 5.74) is 6.27. The van der Waals surface area contributed by atoms with Gasteiger partial charge in [0.05, 0.1) is 5.57 Å².